The van der Waals surface area contributed by atoms with E-state index < -0.39 is 107 Å². The first-order valence-electron chi connectivity index (χ1n) is 46.8. The fourth-order valence-electron chi connectivity index (χ4n) is 19.0. The number of piperidine rings is 7. The number of carbonyl (C=O) groups excluding carboxylic acids is 21. The van der Waals surface area contributed by atoms with Crippen LogP contribution in [0.25, 0.3) is 21.8 Å². The minimum Gasteiger partial charge on any atom is -0.497 e. The Kier molecular flexibility index (Phi) is 31.8. The summed E-state index contributed by atoms with van der Waals surface area (Å²) in [6.45, 7) is 8.49. The maximum absolute atomic E-state index is 12.9. The molecule has 45 heteroatoms. The topological polar surface area (TPSA) is 592 Å². The second kappa shape index (κ2) is 44.6. The molecule has 14 heterocycles. The Morgan fingerprint density at radius 1 is 0.308 bits per heavy atom. The number of amides is 21. The average molecular weight is 2000 g/mol. The lowest BCUT2D eigenvalue weighted by Gasteiger charge is -2.29. The van der Waals surface area contributed by atoms with Crippen LogP contribution in [0.15, 0.2) is 143 Å². The Balaban J connectivity index is 0.000000134. The predicted molar refractivity (Wildman–Crippen MR) is 518 cm³/mol. The molecule has 21 amide bonds. The molecule has 21 rings (SSSR count). The molecule has 12 aliphatic rings. The van der Waals surface area contributed by atoms with E-state index in [4.69, 9.17) is 14.2 Å². The summed E-state index contributed by atoms with van der Waals surface area (Å²) in [5.74, 6) is -5.59. The van der Waals surface area contributed by atoms with Crippen LogP contribution in [0.4, 0.5) is 17.1 Å². The van der Waals surface area contributed by atoms with Gasteiger partial charge in [0, 0.05) is 124 Å². The number of aromatic nitrogens is 4. The molecule has 7 fully saturated rings. The molecule has 9 aromatic rings. The van der Waals surface area contributed by atoms with Crippen LogP contribution in [-0.2, 0) is 86.8 Å². The quantitative estimate of drug-likeness (QED) is 0.0727. The Labute approximate surface area is 831 Å². The molecule has 7 aromatic carbocycles. The number of para-hydroxylation sites is 1. The smallest absolute Gasteiger partial charge is 0.266 e. The highest BCUT2D eigenvalue weighted by molar-refractivity contribution is 6.26. The summed E-state index contributed by atoms with van der Waals surface area (Å²) in [6, 6.07) is 33.0. The molecule has 146 heavy (non-hydrogen) atoms. The van der Waals surface area contributed by atoms with E-state index in [-0.39, 0.29) is 150 Å². The predicted octanol–water partition coefficient (Wildman–Crippen LogP) is 4.06. The molecule has 7 unspecified atom stereocenters. The molecule has 0 aliphatic carbocycles. The van der Waals surface area contributed by atoms with E-state index in [1.165, 1.54) is 32.1 Å². The van der Waals surface area contributed by atoms with Gasteiger partial charge in [-0.1, -0.05) is 56.3 Å². The number of nitrogens with zero attached hydrogens (tertiary/aromatic N) is 9. The zero-order valence-corrected chi connectivity index (χ0v) is 80.9. The average Bonchev–Trinajstić information content (AvgIpc) is 1.58. The van der Waals surface area contributed by atoms with Crippen LogP contribution < -0.4 is 78.5 Å². The van der Waals surface area contributed by atoms with Gasteiger partial charge in [-0.15, -0.1) is 0 Å². The molecule has 10 N–H and O–H groups in total. The SMILES string of the molecule is CC.CNc1cccc2c1C(=O)N(C1CCC(=O)NC1=O)C2=O.CNc1cccc2c1CN(C1CCC(=O)NC1=O)C2=O.CNc1cccc2nc(C)n(C3CCC(=O)NC3=O)c(=O)c12.COc1ccc2c(c1)CN(C1CCC(=O)NC1=O)C2=O.COc1cccc2c1C(=O)N(C1CCC(=O)NC1=O)C2=O.COc1cccc2c1CN(C1CCC(=O)NC1=O)C2=O.Cc1nc2ccccc2c(=O)n1C1CCC(=O)NC1=O. The van der Waals surface area contributed by atoms with Gasteiger partial charge >= 0.3 is 0 Å². The number of imide groups is 9. The number of benzene rings is 7. The van der Waals surface area contributed by atoms with Crippen LogP contribution in [0.1, 0.15) is 217 Å². The monoisotopic (exact) mass is 2000 g/mol. The molecule has 7 saturated heterocycles. The molecule has 12 aliphatic heterocycles. The third kappa shape index (κ3) is 21.0. The molecule has 45 nitrogen and oxygen atoms in total. The Morgan fingerprint density at radius 3 is 1.10 bits per heavy atom. The molecular formula is C101H103N19O26. The van der Waals surface area contributed by atoms with Crippen molar-refractivity contribution in [1.29, 1.82) is 0 Å². The van der Waals surface area contributed by atoms with Gasteiger partial charge in [-0.05, 0) is 155 Å². The van der Waals surface area contributed by atoms with Crippen LogP contribution in [-0.4, -0.2) is 240 Å². The van der Waals surface area contributed by atoms with E-state index in [0.29, 0.717) is 131 Å². The Morgan fingerprint density at radius 2 is 0.658 bits per heavy atom. The lowest BCUT2D eigenvalue weighted by atomic mass is 10.0. The van der Waals surface area contributed by atoms with E-state index in [1.807, 2.05) is 38.1 Å². The first-order valence-corrected chi connectivity index (χ1v) is 46.8. The maximum atomic E-state index is 12.9. The van der Waals surface area contributed by atoms with Gasteiger partial charge in [-0.2, -0.15) is 0 Å². The Bertz CT molecular complexity index is 6920. The fourth-order valence-corrected chi connectivity index (χ4v) is 19.0. The standard InChI is InChI=1S/C15H16N4O3.C14H13N3O4.C14H15N3O3.C14H13N3O3.C14H12N2O5.2C14H14N2O4.C2H6/c1-8-17-10-5-3-4-9(16-2)13(10)15(22)19(8)11-6-7-12(20)18-14(11)21;1-15-8-4-2-3-7-11(8)14(21)17(13(7)20)9-5-6-10(18)16-12(9)19;1-15-10-4-2-3-8-9(10)7-17(14(8)20)11-5-6-12(18)16-13(11)19;1-8-15-10-5-3-2-4-9(10)14(20)17(8)11-6-7-12(18)16-13(11)19;1-21-9-4-2-3-7-11(9)14(20)16(13(7)19)8-5-6-10(17)15-12(8)18;1-20-9-2-3-10-8(6-9)7-16(14(10)19)11-4-5-12(17)15-13(11)18;1-20-11-4-2-3-8-9(11)7-16(14(8)19)10-5-6-12(17)15-13(10)18;1-2/h3-5,11,16H,6-7H2,1-2H3,(H,18,20,21);2-4,9,15H,5-6H2,1H3,(H,16,18,19);2-4,11,15H,5-7H2,1H3,(H,16,18,19);2-5,11H,6-7H2,1H3,(H,16,18,19);2-4,8H,5-6H2,1H3,(H,15,17,18);2-3,6,11H,4-5,7H2,1H3,(H,15,17,18);2-4,10H,5-7H2,1H3,(H,15,17,18);1-2H3. The van der Waals surface area contributed by atoms with Crippen LogP contribution in [0.3, 0.4) is 0 Å². The number of fused-ring (bicyclic) bond motifs is 7. The number of aryl methyl sites for hydroxylation is 2. The van der Waals surface area contributed by atoms with Gasteiger partial charge < -0.3 is 44.9 Å². The van der Waals surface area contributed by atoms with Crippen molar-refractivity contribution < 1.29 is 115 Å². The minimum absolute atomic E-state index is 0.0982. The zero-order valence-electron chi connectivity index (χ0n) is 80.9. The fraction of sp³-hybridized carbons (Fsp3) is 0.337. The highest BCUT2D eigenvalue weighted by atomic mass is 16.5. The number of anilines is 3. The number of methoxy groups -OCH3 is 3. The summed E-state index contributed by atoms with van der Waals surface area (Å²) in [7, 11) is 9.70. The normalized spacial score (nSPS) is 20.5. The van der Waals surface area contributed by atoms with Crippen LogP contribution in [0.2, 0.25) is 0 Å². The third-order valence-corrected chi connectivity index (χ3v) is 26.1. The number of carbonyl (C=O) groups is 21. The van der Waals surface area contributed by atoms with E-state index in [2.05, 4.69) is 63.1 Å². The van der Waals surface area contributed by atoms with Crippen molar-refractivity contribution in [3.63, 3.8) is 0 Å². The van der Waals surface area contributed by atoms with Crippen molar-refractivity contribution in [3.8, 4) is 17.2 Å². The van der Waals surface area contributed by atoms with Gasteiger partial charge in [-0.3, -0.25) is 166 Å². The van der Waals surface area contributed by atoms with E-state index >= 15 is 0 Å². The molecule has 758 valence electrons. The second-order valence-electron chi connectivity index (χ2n) is 34.6. The highest BCUT2D eigenvalue weighted by Crippen LogP contribution is 2.39. The summed E-state index contributed by atoms with van der Waals surface area (Å²) in [5, 5.41) is 25.5. The van der Waals surface area contributed by atoms with Gasteiger partial charge in [0.25, 0.3) is 52.5 Å². The maximum Gasteiger partial charge on any atom is 0.266 e. The summed E-state index contributed by atoms with van der Waals surface area (Å²) < 4.78 is 18.2. The number of nitrogens with one attached hydrogen (secondary N) is 10. The zero-order chi connectivity index (χ0) is 105. The molecular weight excluding hydrogens is 1900 g/mol. The molecule has 0 bridgehead atoms. The van der Waals surface area contributed by atoms with Gasteiger partial charge in [0.05, 0.1) is 71.9 Å². The number of ether oxygens (including phenoxy) is 3. The van der Waals surface area contributed by atoms with Crippen LogP contribution in [0.5, 0.6) is 17.2 Å². The highest BCUT2D eigenvalue weighted by Gasteiger charge is 2.50. The van der Waals surface area contributed by atoms with Gasteiger partial charge in [0.1, 0.15) is 71.2 Å². The van der Waals surface area contributed by atoms with Crippen molar-refractivity contribution in [3.05, 3.63) is 221 Å². The van der Waals surface area contributed by atoms with E-state index in [0.717, 1.165) is 32.2 Å². The molecule has 0 radical (unpaired) electrons. The lowest BCUT2D eigenvalue weighted by Crippen LogP contribution is -2.54. The van der Waals surface area contributed by atoms with E-state index in [1.54, 1.807) is 157 Å². The Hall–Kier alpha value is -17.7. The van der Waals surface area contributed by atoms with Crippen molar-refractivity contribution in [2.24, 2.45) is 0 Å². The van der Waals surface area contributed by atoms with Crippen molar-refractivity contribution in [2.45, 2.75) is 180 Å². The van der Waals surface area contributed by atoms with Crippen molar-refractivity contribution >= 4 is 163 Å². The van der Waals surface area contributed by atoms with Crippen LogP contribution in [0, 0.1) is 13.8 Å². The number of hydrogen-bond acceptors (Lipinski definition) is 31. The molecule has 0 saturated carbocycles. The summed E-state index contributed by atoms with van der Waals surface area (Å²) in [4.78, 5) is 289. The van der Waals surface area contributed by atoms with Crippen LogP contribution >= 0.6 is 0 Å². The number of rotatable bonds is 13. The van der Waals surface area contributed by atoms with Gasteiger partial charge in [0.15, 0.2) is 0 Å². The summed E-state index contributed by atoms with van der Waals surface area (Å²) in [6.07, 6.45) is 3.51. The summed E-state index contributed by atoms with van der Waals surface area (Å²) >= 11 is 0. The lowest BCUT2D eigenvalue weighted by molar-refractivity contribution is -0.138. The van der Waals surface area contributed by atoms with Gasteiger partial charge in [0.2, 0.25) is 82.7 Å². The van der Waals surface area contributed by atoms with Crippen molar-refractivity contribution in [1.82, 2.24) is 80.8 Å². The number of hydrogen-bond donors (Lipinski definition) is 10. The molecule has 2 aromatic heterocycles. The summed E-state index contributed by atoms with van der Waals surface area (Å²) in [5.41, 5.74) is 8.02. The molecule has 7 atom stereocenters. The first kappa shape index (κ1) is 104. The molecule has 0 spiro atoms. The third-order valence-electron chi connectivity index (χ3n) is 26.1. The minimum atomic E-state index is -0.959. The van der Waals surface area contributed by atoms with Gasteiger partial charge in [-0.25, -0.2) is 9.97 Å². The first-order chi connectivity index (χ1) is 70.0. The van der Waals surface area contributed by atoms with E-state index in [9.17, 15) is 110 Å². The van der Waals surface area contributed by atoms with Crippen molar-refractivity contribution in [2.75, 3.05) is 58.4 Å². The second-order valence-corrected chi connectivity index (χ2v) is 34.6. The largest absolute Gasteiger partial charge is 0.497 e.